The van der Waals surface area contributed by atoms with Gasteiger partial charge in [-0.25, -0.2) is 13.4 Å². The van der Waals surface area contributed by atoms with Gasteiger partial charge in [0, 0.05) is 42.0 Å². The molecule has 0 atom stereocenters. The highest BCUT2D eigenvalue weighted by Gasteiger charge is 2.29. The lowest BCUT2D eigenvalue weighted by Gasteiger charge is -2.33. The summed E-state index contributed by atoms with van der Waals surface area (Å²) >= 11 is 3.08. The van der Waals surface area contributed by atoms with Gasteiger partial charge in [-0.3, -0.25) is 9.69 Å². The highest BCUT2D eigenvalue weighted by Crippen LogP contribution is 2.33. The van der Waals surface area contributed by atoms with Crippen LogP contribution in [0.4, 0.5) is 0 Å². The molecule has 7 nitrogen and oxygen atoms in total. The molecule has 1 aliphatic rings. The predicted molar refractivity (Wildman–Crippen MR) is 134 cm³/mol. The van der Waals surface area contributed by atoms with Crippen molar-refractivity contribution in [3.8, 4) is 10.4 Å². The van der Waals surface area contributed by atoms with E-state index in [9.17, 15) is 13.2 Å². The SMILES string of the molecule is Cc1ccc(S(=O)(=O)N2CCN(Cc3nc4scc(-c5cccs5)c4c(=O)[nH]3)CC2)cc1C. The second-order valence-electron chi connectivity index (χ2n) is 8.25. The maximum atomic E-state index is 13.1. The number of hydrogen-bond donors (Lipinski definition) is 1. The standard InChI is InChI=1S/C23H24N4O3S3/c1-15-5-6-17(12-16(15)2)33(29,30)27-9-7-26(8-10-27)13-20-24-22(28)21-18(14-32-23(21)25-20)19-4-3-11-31-19/h3-6,11-12,14H,7-10,13H2,1-2H3,(H,24,25,28). The number of aromatic amines is 1. The summed E-state index contributed by atoms with van der Waals surface area (Å²) < 4.78 is 27.7. The number of thiophene rings is 2. The molecule has 0 saturated carbocycles. The Labute approximate surface area is 200 Å². The fraction of sp³-hybridized carbons (Fsp3) is 0.304. The van der Waals surface area contributed by atoms with Gasteiger partial charge in [0.05, 0.1) is 16.8 Å². The molecule has 0 radical (unpaired) electrons. The first-order valence-electron chi connectivity index (χ1n) is 10.7. The Hall–Kier alpha value is -2.37. The number of nitrogens with one attached hydrogen (secondary N) is 1. The summed E-state index contributed by atoms with van der Waals surface area (Å²) in [4.78, 5) is 24.7. The number of H-pyrrole nitrogens is 1. The first-order chi connectivity index (χ1) is 15.8. The summed E-state index contributed by atoms with van der Waals surface area (Å²) in [6.07, 6.45) is 0. The van der Waals surface area contributed by atoms with Gasteiger partial charge >= 0.3 is 0 Å². The quantitative estimate of drug-likeness (QED) is 0.450. The van der Waals surface area contributed by atoms with Gasteiger partial charge in [0.15, 0.2) is 0 Å². The van der Waals surface area contributed by atoms with E-state index in [2.05, 4.69) is 14.9 Å². The Balaban J connectivity index is 1.29. The lowest BCUT2D eigenvalue weighted by molar-refractivity contribution is 0.178. The van der Waals surface area contributed by atoms with Crippen molar-refractivity contribution >= 4 is 42.9 Å². The third-order valence-corrected chi connectivity index (χ3v) is 9.77. The van der Waals surface area contributed by atoms with Crippen LogP contribution >= 0.6 is 22.7 Å². The summed E-state index contributed by atoms with van der Waals surface area (Å²) in [6.45, 7) is 6.35. The molecule has 3 aromatic heterocycles. The van der Waals surface area contributed by atoms with Crippen LogP contribution in [0.5, 0.6) is 0 Å². The number of fused-ring (bicyclic) bond motifs is 1. The van der Waals surface area contributed by atoms with Crippen LogP contribution in [0.15, 0.2) is 50.8 Å². The summed E-state index contributed by atoms with van der Waals surface area (Å²) in [5.41, 5.74) is 2.84. The molecule has 0 bridgehead atoms. The van der Waals surface area contributed by atoms with Gasteiger partial charge < -0.3 is 4.98 Å². The molecule has 0 aliphatic carbocycles. The van der Waals surface area contributed by atoms with Crippen molar-refractivity contribution in [3.63, 3.8) is 0 Å². The second kappa shape index (κ2) is 8.77. The van der Waals surface area contributed by atoms with Crippen LogP contribution in [-0.2, 0) is 16.6 Å². The summed E-state index contributed by atoms with van der Waals surface area (Å²) in [6, 6.07) is 9.25. The largest absolute Gasteiger partial charge is 0.309 e. The molecule has 33 heavy (non-hydrogen) atoms. The molecule has 1 fully saturated rings. The summed E-state index contributed by atoms with van der Waals surface area (Å²) in [5, 5.41) is 4.61. The summed E-state index contributed by atoms with van der Waals surface area (Å²) in [7, 11) is -3.52. The van der Waals surface area contributed by atoms with Crippen molar-refractivity contribution in [2.24, 2.45) is 0 Å². The second-order valence-corrected chi connectivity index (χ2v) is 12.0. The molecule has 0 spiro atoms. The topological polar surface area (TPSA) is 86.4 Å². The number of hydrogen-bond acceptors (Lipinski definition) is 7. The predicted octanol–water partition coefficient (Wildman–Crippen LogP) is 3.84. The molecule has 0 amide bonds. The maximum absolute atomic E-state index is 13.1. The smallest absolute Gasteiger partial charge is 0.260 e. The van der Waals surface area contributed by atoms with Crippen molar-refractivity contribution in [2.45, 2.75) is 25.3 Å². The van der Waals surface area contributed by atoms with Crippen molar-refractivity contribution in [1.29, 1.82) is 0 Å². The zero-order valence-corrected chi connectivity index (χ0v) is 20.8. The van der Waals surface area contributed by atoms with E-state index in [0.717, 1.165) is 26.4 Å². The molecule has 1 N–H and O–H groups in total. The van der Waals surface area contributed by atoms with Gasteiger partial charge in [0.2, 0.25) is 10.0 Å². The number of sulfonamides is 1. The summed E-state index contributed by atoms with van der Waals surface area (Å²) in [5.74, 6) is 0.609. The molecule has 4 aromatic rings. The van der Waals surface area contributed by atoms with Crippen molar-refractivity contribution in [2.75, 3.05) is 26.2 Å². The average Bonchev–Trinajstić information content (AvgIpc) is 3.46. The highest BCUT2D eigenvalue weighted by molar-refractivity contribution is 7.89. The van der Waals surface area contributed by atoms with Gasteiger partial charge in [-0.2, -0.15) is 4.31 Å². The van der Waals surface area contributed by atoms with E-state index in [4.69, 9.17) is 0 Å². The van der Waals surface area contributed by atoms with Crippen molar-refractivity contribution < 1.29 is 8.42 Å². The Kier molecular flexibility index (Phi) is 5.96. The highest BCUT2D eigenvalue weighted by atomic mass is 32.2. The maximum Gasteiger partial charge on any atom is 0.260 e. The fourth-order valence-electron chi connectivity index (χ4n) is 4.04. The normalized spacial score (nSPS) is 15.9. The average molecular weight is 501 g/mol. The third-order valence-electron chi connectivity index (χ3n) is 6.10. The Morgan fingerprint density at radius 2 is 1.85 bits per heavy atom. The van der Waals surface area contributed by atoms with E-state index >= 15 is 0 Å². The lowest BCUT2D eigenvalue weighted by Crippen LogP contribution is -2.48. The number of piperazine rings is 1. The number of nitrogens with zero attached hydrogens (tertiary/aromatic N) is 3. The number of aryl methyl sites for hydroxylation is 2. The zero-order valence-electron chi connectivity index (χ0n) is 18.4. The molecule has 172 valence electrons. The third kappa shape index (κ3) is 4.29. The first kappa shape index (κ1) is 22.4. The molecule has 4 heterocycles. The zero-order chi connectivity index (χ0) is 23.2. The van der Waals surface area contributed by atoms with Gasteiger partial charge in [-0.1, -0.05) is 12.1 Å². The van der Waals surface area contributed by atoms with Crippen LogP contribution in [0.25, 0.3) is 20.7 Å². The molecule has 5 rings (SSSR count). The number of aromatic nitrogens is 2. The van der Waals surface area contributed by atoms with Gasteiger partial charge in [0.25, 0.3) is 5.56 Å². The van der Waals surface area contributed by atoms with E-state index in [1.54, 1.807) is 27.8 Å². The van der Waals surface area contributed by atoms with E-state index < -0.39 is 10.0 Å². The van der Waals surface area contributed by atoms with Crippen LogP contribution in [0.2, 0.25) is 0 Å². The van der Waals surface area contributed by atoms with Crippen LogP contribution in [-0.4, -0.2) is 53.8 Å². The molecular weight excluding hydrogens is 476 g/mol. The number of rotatable bonds is 5. The molecule has 1 aliphatic heterocycles. The molecule has 1 saturated heterocycles. The minimum atomic E-state index is -3.52. The van der Waals surface area contributed by atoms with Gasteiger partial charge in [-0.15, -0.1) is 22.7 Å². The minimum Gasteiger partial charge on any atom is -0.309 e. The number of benzene rings is 1. The van der Waals surface area contributed by atoms with Crippen LogP contribution in [0.1, 0.15) is 17.0 Å². The van der Waals surface area contributed by atoms with Crippen LogP contribution < -0.4 is 5.56 Å². The van der Waals surface area contributed by atoms with Crippen molar-refractivity contribution in [3.05, 3.63) is 68.4 Å². The van der Waals surface area contributed by atoms with E-state index in [1.165, 1.54) is 11.3 Å². The minimum absolute atomic E-state index is 0.129. The van der Waals surface area contributed by atoms with Crippen LogP contribution in [0, 0.1) is 13.8 Å². The molecule has 1 aromatic carbocycles. The van der Waals surface area contributed by atoms with Crippen molar-refractivity contribution in [1.82, 2.24) is 19.2 Å². The van der Waals surface area contributed by atoms with Crippen LogP contribution in [0.3, 0.4) is 0 Å². The first-order valence-corrected chi connectivity index (χ1v) is 13.9. The fourth-order valence-corrected chi connectivity index (χ4v) is 7.33. The van der Waals surface area contributed by atoms with Gasteiger partial charge in [0.1, 0.15) is 10.7 Å². The monoisotopic (exact) mass is 500 g/mol. The molecular formula is C23H24N4O3S3. The lowest BCUT2D eigenvalue weighted by atomic mass is 10.1. The van der Waals surface area contributed by atoms with Gasteiger partial charge in [-0.05, 0) is 48.6 Å². The Morgan fingerprint density at radius 3 is 2.55 bits per heavy atom. The van der Waals surface area contributed by atoms with E-state index in [1.807, 2.05) is 42.8 Å². The molecule has 10 heteroatoms. The van der Waals surface area contributed by atoms with E-state index in [0.29, 0.717) is 48.8 Å². The Morgan fingerprint density at radius 1 is 1.06 bits per heavy atom. The molecule has 0 unspecified atom stereocenters. The Bertz CT molecular complexity index is 1460. The van der Waals surface area contributed by atoms with E-state index in [-0.39, 0.29) is 5.56 Å².